The number of methoxy groups -OCH3 is 1. The number of aromatic hydroxyl groups is 1. The molecule has 0 radical (unpaired) electrons. The van der Waals surface area contributed by atoms with Gasteiger partial charge in [0, 0.05) is 28.0 Å². The van der Waals surface area contributed by atoms with Crippen molar-refractivity contribution in [2.75, 3.05) is 7.11 Å². The van der Waals surface area contributed by atoms with E-state index in [9.17, 15) is 5.11 Å². The van der Waals surface area contributed by atoms with E-state index in [0.717, 1.165) is 26.9 Å². The number of hydrogen-bond acceptors (Lipinski definition) is 4. The van der Waals surface area contributed by atoms with Crippen LogP contribution in [0.2, 0.25) is 10.0 Å². The van der Waals surface area contributed by atoms with Crippen LogP contribution >= 0.6 is 35.0 Å². The molecule has 1 N–H and O–H groups in total. The van der Waals surface area contributed by atoms with Gasteiger partial charge in [0.15, 0.2) is 5.17 Å². The van der Waals surface area contributed by atoms with E-state index in [0.29, 0.717) is 28.8 Å². The number of phenolic OH excluding ortho intramolecular Hbond substituents is 1. The van der Waals surface area contributed by atoms with Gasteiger partial charge in [-0.1, -0.05) is 83.0 Å². The second kappa shape index (κ2) is 12.2. The van der Waals surface area contributed by atoms with Crippen LogP contribution in [0.3, 0.4) is 0 Å². The molecular formula is C29H26Cl2N2O2S. The second-order valence-corrected chi connectivity index (χ2v) is 10.2. The molecule has 7 heteroatoms. The lowest BCUT2D eigenvalue weighted by Gasteiger charge is -2.26. The predicted molar refractivity (Wildman–Crippen MR) is 151 cm³/mol. The molecule has 184 valence electrons. The Hall–Kier alpha value is -3.12. The molecule has 0 aliphatic rings. The topological polar surface area (TPSA) is 45.1 Å². The molecule has 0 saturated carbocycles. The zero-order valence-corrected chi connectivity index (χ0v) is 22.3. The lowest BCUT2D eigenvalue weighted by atomic mass is 10.1. The summed E-state index contributed by atoms with van der Waals surface area (Å²) >= 11 is 14.1. The number of aliphatic imine (C=N–C) groups is 1. The minimum Gasteiger partial charge on any atom is -0.508 e. The first kappa shape index (κ1) is 26.0. The van der Waals surface area contributed by atoms with Gasteiger partial charge in [-0.25, -0.2) is 4.99 Å². The van der Waals surface area contributed by atoms with Crippen molar-refractivity contribution in [2.24, 2.45) is 4.99 Å². The highest BCUT2D eigenvalue weighted by atomic mass is 35.5. The summed E-state index contributed by atoms with van der Waals surface area (Å²) in [5.74, 6) is 1.01. The van der Waals surface area contributed by atoms with Crippen molar-refractivity contribution < 1.29 is 9.84 Å². The van der Waals surface area contributed by atoms with Crippen molar-refractivity contribution in [2.45, 2.75) is 24.9 Å². The number of hydrogen-bond donors (Lipinski definition) is 1. The molecule has 4 rings (SSSR count). The van der Waals surface area contributed by atoms with Crippen LogP contribution < -0.4 is 4.74 Å². The van der Waals surface area contributed by atoms with E-state index in [1.807, 2.05) is 36.4 Å². The number of nitrogens with zero attached hydrogens (tertiary/aromatic N) is 2. The summed E-state index contributed by atoms with van der Waals surface area (Å²) in [7, 11) is 1.65. The summed E-state index contributed by atoms with van der Waals surface area (Å²) in [6, 6.07) is 28.9. The van der Waals surface area contributed by atoms with Gasteiger partial charge < -0.3 is 14.7 Å². The van der Waals surface area contributed by atoms with Crippen LogP contribution in [-0.2, 0) is 13.1 Å². The van der Waals surface area contributed by atoms with Crippen LogP contribution in [0.4, 0.5) is 5.69 Å². The summed E-state index contributed by atoms with van der Waals surface area (Å²) < 4.78 is 5.43. The molecular weight excluding hydrogens is 511 g/mol. The van der Waals surface area contributed by atoms with Gasteiger partial charge in [-0.05, 0) is 66.6 Å². The van der Waals surface area contributed by atoms with Crippen molar-refractivity contribution in [1.29, 1.82) is 0 Å². The molecule has 0 bridgehead atoms. The molecule has 0 heterocycles. The Morgan fingerprint density at radius 2 is 1.47 bits per heavy atom. The van der Waals surface area contributed by atoms with Crippen LogP contribution in [0.5, 0.6) is 11.5 Å². The first-order valence-corrected chi connectivity index (χ1v) is 12.9. The molecule has 0 atom stereocenters. The van der Waals surface area contributed by atoms with Gasteiger partial charge in [-0.15, -0.1) is 0 Å². The number of ether oxygens (including phenoxy) is 1. The highest BCUT2D eigenvalue weighted by molar-refractivity contribution is 8.13. The number of amidine groups is 1. The van der Waals surface area contributed by atoms with Gasteiger partial charge in [0.25, 0.3) is 0 Å². The standard InChI is InChI=1S/C29H26Cl2N2O2S/c1-20-6-8-21(9-7-20)18-33(19-22-10-12-26(34)13-11-22)29(32-25-15-23(30)14-24(31)16-25)36-28-5-3-4-27(17-28)35-2/h3-17,34H,18-19H2,1-2H3. The number of aryl methyl sites for hydroxylation is 1. The minimum atomic E-state index is 0.233. The van der Waals surface area contributed by atoms with Crippen molar-refractivity contribution in [1.82, 2.24) is 4.90 Å². The Morgan fingerprint density at radius 1 is 0.861 bits per heavy atom. The molecule has 36 heavy (non-hydrogen) atoms. The van der Waals surface area contributed by atoms with Crippen LogP contribution in [0.15, 0.2) is 101 Å². The quantitative estimate of drug-likeness (QED) is 0.146. The predicted octanol–water partition coefficient (Wildman–Crippen LogP) is 8.50. The summed E-state index contributed by atoms with van der Waals surface area (Å²) in [4.78, 5) is 8.20. The van der Waals surface area contributed by atoms with Crippen LogP contribution in [-0.4, -0.2) is 22.3 Å². The molecule has 4 aromatic carbocycles. The van der Waals surface area contributed by atoms with Crippen LogP contribution in [0.25, 0.3) is 0 Å². The highest BCUT2D eigenvalue weighted by Gasteiger charge is 2.16. The van der Waals surface area contributed by atoms with Gasteiger partial charge in [-0.2, -0.15) is 0 Å². The first-order chi connectivity index (χ1) is 17.4. The second-order valence-electron chi connectivity index (χ2n) is 8.31. The molecule has 0 aromatic heterocycles. The maximum atomic E-state index is 9.77. The lowest BCUT2D eigenvalue weighted by Crippen LogP contribution is -2.28. The van der Waals surface area contributed by atoms with Gasteiger partial charge in [0.1, 0.15) is 11.5 Å². The van der Waals surface area contributed by atoms with Gasteiger partial charge in [0.2, 0.25) is 0 Å². The van der Waals surface area contributed by atoms with E-state index in [1.165, 1.54) is 17.3 Å². The Kier molecular flexibility index (Phi) is 8.81. The maximum absolute atomic E-state index is 9.77. The molecule has 4 nitrogen and oxygen atoms in total. The normalized spacial score (nSPS) is 11.4. The Bertz CT molecular complexity index is 1270. The fraction of sp³-hybridized carbons (Fsp3) is 0.138. The summed E-state index contributed by atoms with van der Waals surface area (Å²) in [5, 5.41) is 11.6. The molecule has 0 aliphatic heterocycles. The summed E-state index contributed by atoms with van der Waals surface area (Å²) in [6.45, 7) is 3.29. The summed E-state index contributed by atoms with van der Waals surface area (Å²) in [5.41, 5.74) is 4.07. The lowest BCUT2D eigenvalue weighted by molar-refractivity contribution is 0.413. The molecule has 4 aromatic rings. The molecule has 0 unspecified atom stereocenters. The van der Waals surface area contributed by atoms with Crippen molar-refractivity contribution in [3.05, 3.63) is 118 Å². The third-order valence-electron chi connectivity index (χ3n) is 5.40. The average Bonchev–Trinajstić information content (AvgIpc) is 2.85. The van der Waals surface area contributed by atoms with E-state index in [-0.39, 0.29) is 5.75 Å². The smallest absolute Gasteiger partial charge is 0.169 e. The van der Waals surface area contributed by atoms with E-state index in [2.05, 4.69) is 36.1 Å². The van der Waals surface area contributed by atoms with E-state index in [1.54, 1.807) is 37.4 Å². The van der Waals surface area contributed by atoms with Crippen LogP contribution in [0, 0.1) is 6.92 Å². The molecule has 0 spiro atoms. The third kappa shape index (κ3) is 7.44. The van der Waals surface area contributed by atoms with E-state index < -0.39 is 0 Å². The Morgan fingerprint density at radius 3 is 2.08 bits per heavy atom. The molecule has 0 saturated heterocycles. The fourth-order valence-electron chi connectivity index (χ4n) is 3.57. The number of thioether (sulfide) groups is 1. The maximum Gasteiger partial charge on any atom is 0.169 e. The number of halogens is 2. The molecule has 0 amide bonds. The molecule has 0 fully saturated rings. The fourth-order valence-corrected chi connectivity index (χ4v) is 5.03. The number of phenols is 1. The van der Waals surface area contributed by atoms with Gasteiger partial charge in [-0.3, -0.25) is 0 Å². The zero-order chi connectivity index (χ0) is 25.5. The van der Waals surface area contributed by atoms with E-state index >= 15 is 0 Å². The first-order valence-electron chi connectivity index (χ1n) is 11.3. The van der Waals surface area contributed by atoms with Crippen molar-refractivity contribution in [3.63, 3.8) is 0 Å². The van der Waals surface area contributed by atoms with E-state index in [4.69, 9.17) is 32.9 Å². The minimum absolute atomic E-state index is 0.233. The zero-order valence-electron chi connectivity index (χ0n) is 20.0. The van der Waals surface area contributed by atoms with Gasteiger partial charge in [0.05, 0.1) is 12.8 Å². The average molecular weight is 538 g/mol. The van der Waals surface area contributed by atoms with Crippen LogP contribution in [0.1, 0.15) is 16.7 Å². The monoisotopic (exact) mass is 536 g/mol. The van der Waals surface area contributed by atoms with Crippen molar-refractivity contribution >= 4 is 45.8 Å². The highest BCUT2D eigenvalue weighted by Crippen LogP contribution is 2.31. The largest absolute Gasteiger partial charge is 0.508 e. The van der Waals surface area contributed by atoms with Crippen molar-refractivity contribution in [3.8, 4) is 11.5 Å². The Labute approximate surface area is 226 Å². The number of rotatable bonds is 7. The molecule has 0 aliphatic carbocycles. The third-order valence-corrected chi connectivity index (χ3v) is 6.85. The van der Waals surface area contributed by atoms with Gasteiger partial charge >= 0.3 is 0 Å². The number of benzene rings is 4. The SMILES string of the molecule is COc1cccc(SC(=Nc2cc(Cl)cc(Cl)c2)N(Cc2ccc(C)cc2)Cc2ccc(O)cc2)c1. The Balaban J connectivity index is 1.78. The summed E-state index contributed by atoms with van der Waals surface area (Å²) in [6.07, 6.45) is 0.